The number of rotatable bonds is 7. The van der Waals surface area contributed by atoms with E-state index in [1.54, 1.807) is 6.92 Å². The lowest BCUT2D eigenvalue weighted by Gasteiger charge is -2.13. The first kappa shape index (κ1) is 18.0. The van der Waals surface area contributed by atoms with Gasteiger partial charge in [-0.05, 0) is 38.2 Å². The molecule has 2 aromatic rings. The van der Waals surface area contributed by atoms with E-state index in [4.69, 9.17) is 0 Å². The number of urea groups is 1. The van der Waals surface area contributed by atoms with Crippen LogP contribution >= 0.6 is 11.8 Å². The van der Waals surface area contributed by atoms with Crippen LogP contribution in [0.2, 0.25) is 0 Å². The number of nitrogens with one attached hydrogen (secondary N) is 2. The molecule has 0 spiro atoms. The Morgan fingerprint density at radius 2 is 1.93 bits per heavy atom. The molecule has 0 radical (unpaired) electrons. The second-order valence-electron chi connectivity index (χ2n) is 7.13. The molecule has 1 aromatic carbocycles. The number of hydrogen-bond acceptors (Lipinski definition) is 5. The molecular weight excluding hydrogens is 362 g/mol. The lowest BCUT2D eigenvalue weighted by Crippen LogP contribution is -2.42. The fraction of sp³-hybridized carbons (Fsp3) is 0.474. The van der Waals surface area contributed by atoms with Crippen LogP contribution in [0, 0.1) is 0 Å². The Morgan fingerprint density at radius 1 is 1.19 bits per heavy atom. The number of carbonyl (C=O) groups is 2. The zero-order chi connectivity index (χ0) is 18.8. The highest BCUT2D eigenvalue weighted by Gasteiger charge is 2.37. The minimum Gasteiger partial charge on any atom is -0.334 e. The van der Waals surface area contributed by atoms with Gasteiger partial charge in [0.15, 0.2) is 5.16 Å². The van der Waals surface area contributed by atoms with Crippen molar-refractivity contribution in [3.05, 3.63) is 41.7 Å². The number of nitrogens with zero attached hydrogens (tertiary/aromatic N) is 3. The zero-order valence-electron chi connectivity index (χ0n) is 15.2. The fourth-order valence-corrected chi connectivity index (χ4v) is 3.84. The molecule has 2 fully saturated rings. The van der Waals surface area contributed by atoms with Gasteiger partial charge in [0.2, 0.25) is 5.91 Å². The van der Waals surface area contributed by atoms with Crippen molar-refractivity contribution in [1.82, 2.24) is 25.4 Å². The van der Waals surface area contributed by atoms with Crippen LogP contribution in [0.1, 0.15) is 56.0 Å². The molecule has 1 heterocycles. The molecule has 0 bridgehead atoms. The maximum absolute atomic E-state index is 12.4. The highest BCUT2D eigenvalue weighted by Crippen LogP contribution is 2.46. The summed E-state index contributed by atoms with van der Waals surface area (Å²) in [5, 5.41) is 14.1. The Balaban J connectivity index is 1.31. The summed E-state index contributed by atoms with van der Waals surface area (Å²) in [6, 6.07) is 9.56. The van der Waals surface area contributed by atoms with E-state index in [0.717, 1.165) is 29.4 Å². The van der Waals surface area contributed by atoms with E-state index in [-0.39, 0.29) is 5.91 Å². The van der Waals surface area contributed by atoms with Gasteiger partial charge < -0.3 is 9.88 Å². The smallest absolute Gasteiger partial charge is 0.321 e. The largest absolute Gasteiger partial charge is 0.334 e. The molecule has 142 valence electrons. The van der Waals surface area contributed by atoms with Gasteiger partial charge in [-0.15, -0.1) is 10.2 Å². The molecule has 2 aliphatic rings. The van der Waals surface area contributed by atoms with Gasteiger partial charge in [0.05, 0.1) is 5.25 Å². The Labute approximate surface area is 162 Å². The fourth-order valence-electron chi connectivity index (χ4n) is 2.91. The van der Waals surface area contributed by atoms with Crippen LogP contribution in [0.3, 0.4) is 0 Å². The maximum atomic E-state index is 12.4. The maximum Gasteiger partial charge on any atom is 0.321 e. The highest BCUT2D eigenvalue weighted by molar-refractivity contribution is 8.00. The molecule has 2 N–H and O–H groups in total. The van der Waals surface area contributed by atoms with Gasteiger partial charge in [-0.25, -0.2) is 4.79 Å². The number of amides is 3. The number of thioether (sulfide) groups is 1. The van der Waals surface area contributed by atoms with Crippen molar-refractivity contribution < 1.29 is 9.59 Å². The summed E-state index contributed by atoms with van der Waals surface area (Å²) in [5.41, 5.74) is 0.979. The molecule has 1 atom stereocenters. The van der Waals surface area contributed by atoms with E-state index in [1.807, 2.05) is 30.3 Å². The summed E-state index contributed by atoms with van der Waals surface area (Å²) in [7, 11) is 0. The average Bonchev–Trinajstić information content (AvgIpc) is 3.60. The summed E-state index contributed by atoms with van der Waals surface area (Å²) >= 11 is 1.37. The zero-order valence-corrected chi connectivity index (χ0v) is 16.0. The number of imide groups is 1. The molecule has 4 rings (SSSR count). The predicted molar refractivity (Wildman–Crippen MR) is 102 cm³/mol. The van der Waals surface area contributed by atoms with Crippen LogP contribution < -0.4 is 10.6 Å². The summed E-state index contributed by atoms with van der Waals surface area (Å²) in [6.45, 7) is 2.16. The van der Waals surface area contributed by atoms with Gasteiger partial charge in [0, 0.05) is 18.5 Å². The summed E-state index contributed by atoms with van der Waals surface area (Å²) in [4.78, 5) is 24.4. The van der Waals surface area contributed by atoms with Gasteiger partial charge >= 0.3 is 6.03 Å². The van der Waals surface area contributed by atoms with E-state index in [0.29, 0.717) is 18.5 Å². The van der Waals surface area contributed by atoms with Crippen molar-refractivity contribution in [2.24, 2.45) is 0 Å². The first-order valence-electron chi connectivity index (χ1n) is 9.36. The van der Waals surface area contributed by atoms with Crippen LogP contribution in [-0.2, 0) is 11.3 Å². The van der Waals surface area contributed by atoms with E-state index >= 15 is 0 Å². The molecule has 8 heteroatoms. The van der Waals surface area contributed by atoms with Crippen molar-refractivity contribution in [2.75, 3.05) is 0 Å². The normalized spacial score (nSPS) is 17.4. The van der Waals surface area contributed by atoms with Crippen LogP contribution in [0.5, 0.6) is 0 Å². The monoisotopic (exact) mass is 385 g/mol. The molecule has 1 aromatic heterocycles. The van der Waals surface area contributed by atoms with Crippen molar-refractivity contribution in [3.63, 3.8) is 0 Å². The van der Waals surface area contributed by atoms with Crippen molar-refractivity contribution in [2.45, 2.75) is 61.5 Å². The first-order valence-corrected chi connectivity index (χ1v) is 10.2. The first-order chi connectivity index (χ1) is 13.1. The van der Waals surface area contributed by atoms with Crippen LogP contribution in [0.15, 0.2) is 35.5 Å². The number of hydrogen-bond donors (Lipinski definition) is 2. The van der Waals surface area contributed by atoms with E-state index in [9.17, 15) is 9.59 Å². The third kappa shape index (κ3) is 4.50. The van der Waals surface area contributed by atoms with Crippen molar-refractivity contribution >= 4 is 23.7 Å². The Hall–Kier alpha value is -2.35. The predicted octanol–water partition coefficient (Wildman–Crippen LogP) is 3.00. The second kappa shape index (κ2) is 7.72. The highest BCUT2D eigenvalue weighted by atomic mass is 32.2. The van der Waals surface area contributed by atoms with Gasteiger partial charge in [-0.3, -0.25) is 10.1 Å². The molecule has 7 nitrogen and oxygen atoms in total. The van der Waals surface area contributed by atoms with E-state index in [1.165, 1.54) is 24.6 Å². The van der Waals surface area contributed by atoms with Crippen molar-refractivity contribution in [1.29, 1.82) is 0 Å². The van der Waals surface area contributed by atoms with Crippen LogP contribution in [0.4, 0.5) is 4.79 Å². The molecular formula is C19H23N5O2S. The number of benzene rings is 1. The lowest BCUT2D eigenvalue weighted by atomic mass is 10.2. The third-order valence-corrected chi connectivity index (χ3v) is 5.79. The summed E-state index contributed by atoms with van der Waals surface area (Å²) in [6.07, 6.45) is 4.64. The quantitative estimate of drug-likeness (QED) is 0.715. The summed E-state index contributed by atoms with van der Waals surface area (Å²) in [5.74, 6) is 1.26. The molecule has 0 aliphatic heterocycles. The standard InChI is InChI=1S/C19H23N5O2S/c1-12(17(25)21-18(26)20-11-13-5-3-2-4-6-13)27-19-23-22-16(14-7-8-14)24(19)15-9-10-15/h2-6,12,14-15H,7-11H2,1H3,(H2,20,21,25,26)/t12-/m1/s1. The number of aromatic nitrogens is 3. The van der Waals surface area contributed by atoms with Gasteiger partial charge in [-0.2, -0.15) is 0 Å². The minimum atomic E-state index is -0.487. The van der Waals surface area contributed by atoms with Gasteiger partial charge in [0.25, 0.3) is 0 Å². The molecule has 2 saturated carbocycles. The Kier molecular flexibility index (Phi) is 5.15. The van der Waals surface area contributed by atoms with Gasteiger partial charge in [-0.1, -0.05) is 42.1 Å². The van der Waals surface area contributed by atoms with E-state index < -0.39 is 11.3 Å². The molecule has 3 amide bonds. The SMILES string of the molecule is C[C@@H](Sc1nnc(C2CC2)n1C1CC1)C(=O)NC(=O)NCc1ccccc1. The molecule has 2 aliphatic carbocycles. The topological polar surface area (TPSA) is 88.9 Å². The van der Waals surface area contributed by atoms with E-state index in [2.05, 4.69) is 25.4 Å². The van der Waals surface area contributed by atoms with Crippen LogP contribution in [0.25, 0.3) is 0 Å². The summed E-state index contributed by atoms with van der Waals surface area (Å²) < 4.78 is 2.21. The molecule has 0 unspecified atom stereocenters. The minimum absolute atomic E-state index is 0.330. The molecule has 27 heavy (non-hydrogen) atoms. The Bertz CT molecular complexity index is 830. The lowest BCUT2D eigenvalue weighted by molar-refractivity contribution is -0.119. The number of carbonyl (C=O) groups excluding carboxylic acids is 2. The van der Waals surface area contributed by atoms with Crippen molar-refractivity contribution in [3.8, 4) is 0 Å². The third-order valence-electron chi connectivity index (χ3n) is 4.73. The molecule has 0 saturated heterocycles. The van der Waals surface area contributed by atoms with Gasteiger partial charge in [0.1, 0.15) is 5.82 Å². The second-order valence-corrected chi connectivity index (χ2v) is 8.44. The Morgan fingerprint density at radius 3 is 2.59 bits per heavy atom. The average molecular weight is 385 g/mol. The van der Waals surface area contributed by atoms with Crippen LogP contribution in [-0.4, -0.2) is 32.0 Å².